The molecule has 1 amide bonds. The highest BCUT2D eigenvalue weighted by atomic mass is 16.2. The average Bonchev–Trinajstić information content (AvgIpc) is 2.77. The zero-order valence-electron chi connectivity index (χ0n) is 12.5. The molecule has 3 rings (SSSR count). The highest BCUT2D eigenvalue weighted by Crippen LogP contribution is 2.39. The van der Waals surface area contributed by atoms with Crippen LogP contribution in [-0.4, -0.2) is 12.5 Å². The lowest BCUT2D eigenvalue weighted by atomic mass is 9.74. The first-order valence-corrected chi connectivity index (χ1v) is 8.08. The van der Waals surface area contributed by atoms with Gasteiger partial charge in [0.15, 0.2) is 0 Å². The van der Waals surface area contributed by atoms with Crippen LogP contribution in [0.1, 0.15) is 50.5 Å². The molecule has 1 aliphatic carbocycles. The standard InChI is InChI=1S/C18H22N2O/c19-14-18(11-5-1-6-12-18)17(21)20-13-7-4-9-15-8-2-3-10-16(15)20/h2-3,8,10H,1,4-7,9,11-13H2. The number of hydrogen-bond donors (Lipinski definition) is 0. The summed E-state index contributed by atoms with van der Waals surface area (Å²) in [4.78, 5) is 15.0. The number of anilines is 1. The van der Waals surface area contributed by atoms with Crippen molar-refractivity contribution >= 4 is 11.6 Å². The second-order valence-corrected chi connectivity index (χ2v) is 6.30. The van der Waals surface area contributed by atoms with Crippen molar-refractivity contribution in [2.24, 2.45) is 5.41 Å². The lowest BCUT2D eigenvalue weighted by Gasteiger charge is -2.35. The number of nitrogens with zero attached hydrogens (tertiary/aromatic N) is 2. The van der Waals surface area contributed by atoms with Crippen LogP contribution in [0, 0.1) is 16.7 Å². The molecule has 0 saturated heterocycles. The van der Waals surface area contributed by atoms with Crippen LogP contribution in [0.2, 0.25) is 0 Å². The molecule has 0 radical (unpaired) electrons. The van der Waals surface area contributed by atoms with Crippen molar-refractivity contribution in [3.63, 3.8) is 0 Å². The maximum absolute atomic E-state index is 13.1. The monoisotopic (exact) mass is 282 g/mol. The minimum absolute atomic E-state index is 0.0408. The summed E-state index contributed by atoms with van der Waals surface area (Å²) in [5, 5.41) is 9.66. The van der Waals surface area contributed by atoms with E-state index in [1.165, 1.54) is 5.56 Å². The number of carbonyl (C=O) groups is 1. The zero-order chi connectivity index (χ0) is 14.7. The summed E-state index contributed by atoms with van der Waals surface area (Å²) < 4.78 is 0. The molecule has 110 valence electrons. The Morgan fingerprint density at radius 2 is 1.86 bits per heavy atom. The Labute approximate surface area is 126 Å². The summed E-state index contributed by atoms with van der Waals surface area (Å²) in [6.45, 7) is 0.749. The molecule has 0 spiro atoms. The minimum Gasteiger partial charge on any atom is -0.311 e. The van der Waals surface area contributed by atoms with Crippen molar-refractivity contribution in [3.8, 4) is 6.07 Å². The van der Waals surface area contributed by atoms with Gasteiger partial charge in [-0.15, -0.1) is 0 Å². The summed E-state index contributed by atoms with van der Waals surface area (Å²) in [6, 6.07) is 10.5. The van der Waals surface area contributed by atoms with E-state index in [1.807, 2.05) is 23.1 Å². The number of aryl methyl sites for hydroxylation is 1. The van der Waals surface area contributed by atoms with Crippen molar-refractivity contribution < 1.29 is 4.79 Å². The molecule has 3 nitrogen and oxygen atoms in total. The lowest BCUT2D eigenvalue weighted by Crippen LogP contribution is -2.45. The molecular weight excluding hydrogens is 260 g/mol. The molecule has 0 atom stereocenters. The van der Waals surface area contributed by atoms with Gasteiger partial charge in [-0.05, 0) is 43.7 Å². The maximum atomic E-state index is 13.1. The summed E-state index contributed by atoms with van der Waals surface area (Å²) in [6.07, 6.45) is 7.74. The predicted octanol–water partition coefficient (Wildman–Crippen LogP) is 3.83. The quantitative estimate of drug-likeness (QED) is 0.785. The van der Waals surface area contributed by atoms with E-state index < -0.39 is 5.41 Å². The van der Waals surface area contributed by atoms with Crippen LogP contribution >= 0.6 is 0 Å². The molecule has 21 heavy (non-hydrogen) atoms. The summed E-state index contributed by atoms with van der Waals surface area (Å²) >= 11 is 0. The van der Waals surface area contributed by atoms with E-state index in [2.05, 4.69) is 12.1 Å². The third-order valence-corrected chi connectivity index (χ3v) is 4.94. The molecular formula is C18H22N2O. The zero-order valence-corrected chi connectivity index (χ0v) is 12.5. The third-order valence-electron chi connectivity index (χ3n) is 4.94. The van der Waals surface area contributed by atoms with Gasteiger partial charge in [-0.3, -0.25) is 4.79 Å². The Hall–Kier alpha value is -1.82. The van der Waals surface area contributed by atoms with Crippen LogP contribution in [0.25, 0.3) is 0 Å². The minimum atomic E-state index is -0.782. The van der Waals surface area contributed by atoms with Gasteiger partial charge in [0.05, 0.1) is 6.07 Å². The fourth-order valence-electron chi connectivity index (χ4n) is 3.69. The van der Waals surface area contributed by atoms with Gasteiger partial charge in [-0.25, -0.2) is 0 Å². The van der Waals surface area contributed by atoms with Gasteiger partial charge in [0.25, 0.3) is 0 Å². The molecule has 1 aromatic carbocycles. The molecule has 1 saturated carbocycles. The third kappa shape index (κ3) is 2.55. The van der Waals surface area contributed by atoms with Crippen LogP contribution in [0.15, 0.2) is 24.3 Å². The number of hydrogen-bond acceptors (Lipinski definition) is 2. The second-order valence-electron chi connectivity index (χ2n) is 6.30. The number of benzene rings is 1. The first-order valence-electron chi connectivity index (χ1n) is 8.08. The van der Waals surface area contributed by atoms with Crippen LogP contribution < -0.4 is 4.90 Å². The SMILES string of the molecule is N#CC1(C(=O)N2CCCCc3ccccc32)CCCCC1. The summed E-state index contributed by atoms with van der Waals surface area (Å²) in [5.74, 6) is 0.0408. The van der Waals surface area contributed by atoms with E-state index in [-0.39, 0.29) is 5.91 Å². The fourth-order valence-corrected chi connectivity index (χ4v) is 3.69. The average molecular weight is 282 g/mol. The first kappa shape index (κ1) is 14.1. The Morgan fingerprint density at radius 1 is 1.10 bits per heavy atom. The predicted molar refractivity (Wildman–Crippen MR) is 82.9 cm³/mol. The number of fused-ring (bicyclic) bond motifs is 1. The normalized spacial score (nSPS) is 21.0. The highest BCUT2D eigenvalue weighted by Gasteiger charge is 2.43. The van der Waals surface area contributed by atoms with Gasteiger partial charge in [0.2, 0.25) is 5.91 Å². The highest BCUT2D eigenvalue weighted by molar-refractivity contribution is 6.00. The molecule has 1 aromatic rings. The van der Waals surface area contributed by atoms with Crippen LogP contribution in [0.4, 0.5) is 5.69 Å². The van der Waals surface area contributed by atoms with Crippen molar-refractivity contribution in [3.05, 3.63) is 29.8 Å². The topological polar surface area (TPSA) is 44.1 Å². The van der Waals surface area contributed by atoms with E-state index in [0.29, 0.717) is 0 Å². The van der Waals surface area contributed by atoms with Gasteiger partial charge in [0.1, 0.15) is 5.41 Å². The van der Waals surface area contributed by atoms with E-state index in [9.17, 15) is 10.1 Å². The Balaban J connectivity index is 1.95. The molecule has 0 unspecified atom stereocenters. The fraction of sp³-hybridized carbons (Fsp3) is 0.556. The maximum Gasteiger partial charge on any atom is 0.247 e. The van der Waals surface area contributed by atoms with E-state index in [1.54, 1.807) is 0 Å². The van der Waals surface area contributed by atoms with Gasteiger partial charge < -0.3 is 4.90 Å². The van der Waals surface area contributed by atoms with E-state index in [4.69, 9.17) is 0 Å². The van der Waals surface area contributed by atoms with Gasteiger partial charge in [0, 0.05) is 12.2 Å². The van der Waals surface area contributed by atoms with Gasteiger partial charge in [-0.1, -0.05) is 37.5 Å². The number of rotatable bonds is 1. The molecule has 0 bridgehead atoms. The van der Waals surface area contributed by atoms with E-state index >= 15 is 0 Å². The van der Waals surface area contributed by atoms with Gasteiger partial charge >= 0.3 is 0 Å². The number of nitriles is 1. The number of amides is 1. The van der Waals surface area contributed by atoms with Crippen LogP contribution in [0.3, 0.4) is 0 Å². The van der Waals surface area contributed by atoms with Gasteiger partial charge in [-0.2, -0.15) is 5.26 Å². The Kier molecular flexibility index (Phi) is 3.96. The molecule has 1 aliphatic heterocycles. The van der Waals surface area contributed by atoms with E-state index in [0.717, 1.165) is 63.6 Å². The largest absolute Gasteiger partial charge is 0.311 e. The molecule has 2 aliphatic rings. The van der Waals surface area contributed by atoms with Crippen molar-refractivity contribution in [2.75, 3.05) is 11.4 Å². The first-order chi connectivity index (χ1) is 10.3. The van der Waals surface area contributed by atoms with Crippen LogP contribution in [0.5, 0.6) is 0 Å². The Bertz CT molecular complexity index is 567. The molecule has 3 heteroatoms. The molecule has 1 heterocycles. The molecule has 0 aromatic heterocycles. The van der Waals surface area contributed by atoms with Crippen molar-refractivity contribution in [2.45, 2.75) is 51.4 Å². The van der Waals surface area contributed by atoms with Crippen LogP contribution in [-0.2, 0) is 11.2 Å². The number of para-hydroxylation sites is 1. The summed E-state index contributed by atoms with van der Waals surface area (Å²) in [7, 11) is 0. The van der Waals surface area contributed by atoms with Crippen molar-refractivity contribution in [1.29, 1.82) is 5.26 Å². The van der Waals surface area contributed by atoms with Crippen molar-refractivity contribution in [1.82, 2.24) is 0 Å². The Morgan fingerprint density at radius 3 is 2.62 bits per heavy atom. The lowest BCUT2D eigenvalue weighted by molar-refractivity contribution is -0.126. The molecule has 1 fully saturated rings. The molecule has 0 N–H and O–H groups in total. The second kappa shape index (κ2) is 5.89. The smallest absolute Gasteiger partial charge is 0.247 e. The number of carbonyl (C=O) groups excluding carboxylic acids is 1. The summed E-state index contributed by atoms with van der Waals surface area (Å²) in [5.41, 5.74) is 1.49.